The van der Waals surface area contributed by atoms with E-state index in [1.807, 2.05) is 30.3 Å². The van der Waals surface area contributed by atoms with E-state index < -0.39 is 0 Å². The molecule has 0 unspecified atom stereocenters. The number of rotatable bonds is 7. The SMILES string of the molecule is CCOC(=O)Cc1nnc(NC(=O)CCc2ccccc2)s1. The van der Waals surface area contributed by atoms with Crippen molar-refractivity contribution in [2.45, 2.75) is 26.2 Å². The minimum Gasteiger partial charge on any atom is -0.466 e. The molecule has 0 aliphatic rings. The highest BCUT2D eigenvalue weighted by Gasteiger charge is 2.12. The van der Waals surface area contributed by atoms with Crippen LogP contribution in [-0.2, 0) is 27.2 Å². The number of hydrogen-bond acceptors (Lipinski definition) is 6. The van der Waals surface area contributed by atoms with E-state index in [2.05, 4.69) is 15.5 Å². The van der Waals surface area contributed by atoms with Crippen LogP contribution in [-0.4, -0.2) is 28.7 Å². The van der Waals surface area contributed by atoms with Crippen LogP contribution in [0.15, 0.2) is 30.3 Å². The summed E-state index contributed by atoms with van der Waals surface area (Å²) in [5.74, 6) is -0.469. The number of carbonyl (C=O) groups excluding carboxylic acids is 2. The molecule has 1 N–H and O–H groups in total. The van der Waals surface area contributed by atoms with Gasteiger partial charge in [-0.05, 0) is 18.9 Å². The predicted octanol–water partition coefficient (Wildman–Crippen LogP) is 2.21. The van der Waals surface area contributed by atoms with Crippen molar-refractivity contribution >= 4 is 28.3 Å². The van der Waals surface area contributed by atoms with Crippen molar-refractivity contribution in [2.75, 3.05) is 11.9 Å². The molecule has 1 aromatic carbocycles. The van der Waals surface area contributed by atoms with Gasteiger partial charge in [-0.25, -0.2) is 0 Å². The lowest BCUT2D eigenvalue weighted by atomic mass is 10.1. The molecule has 0 aliphatic carbocycles. The Hall–Kier alpha value is -2.28. The van der Waals surface area contributed by atoms with Crippen LogP contribution in [0.25, 0.3) is 0 Å². The molecule has 22 heavy (non-hydrogen) atoms. The van der Waals surface area contributed by atoms with Gasteiger partial charge < -0.3 is 10.1 Å². The fourth-order valence-electron chi connectivity index (χ4n) is 1.80. The topological polar surface area (TPSA) is 81.2 Å². The Labute approximate surface area is 132 Å². The Morgan fingerprint density at radius 2 is 2.00 bits per heavy atom. The number of benzene rings is 1. The Morgan fingerprint density at radius 3 is 2.73 bits per heavy atom. The van der Waals surface area contributed by atoms with E-state index in [0.29, 0.717) is 29.6 Å². The second kappa shape index (κ2) is 8.23. The molecule has 1 amide bonds. The van der Waals surface area contributed by atoms with Gasteiger partial charge >= 0.3 is 5.97 Å². The molecule has 0 saturated heterocycles. The maximum absolute atomic E-state index is 11.9. The Balaban J connectivity index is 1.79. The summed E-state index contributed by atoms with van der Waals surface area (Å²) in [6.07, 6.45) is 1.11. The molecule has 0 spiro atoms. The van der Waals surface area contributed by atoms with Crippen molar-refractivity contribution in [3.8, 4) is 0 Å². The molecule has 116 valence electrons. The molecule has 0 fully saturated rings. The van der Waals surface area contributed by atoms with Crippen LogP contribution < -0.4 is 5.32 Å². The third-order valence-corrected chi connectivity index (χ3v) is 3.64. The number of aromatic nitrogens is 2. The summed E-state index contributed by atoms with van der Waals surface area (Å²) in [5.41, 5.74) is 1.11. The van der Waals surface area contributed by atoms with Gasteiger partial charge in [-0.1, -0.05) is 41.7 Å². The average Bonchev–Trinajstić information content (AvgIpc) is 2.93. The zero-order chi connectivity index (χ0) is 15.8. The lowest BCUT2D eigenvalue weighted by molar-refractivity contribution is -0.142. The summed E-state index contributed by atoms with van der Waals surface area (Å²) in [5, 5.41) is 11.3. The summed E-state index contributed by atoms with van der Waals surface area (Å²) < 4.78 is 4.84. The fourth-order valence-corrected chi connectivity index (χ4v) is 2.54. The van der Waals surface area contributed by atoms with E-state index in [-0.39, 0.29) is 18.3 Å². The average molecular weight is 319 g/mol. The summed E-state index contributed by atoms with van der Waals surface area (Å²) >= 11 is 1.18. The first-order chi connectivity index (χ1) is 10.7. The minimum atomic E-state index is -0.347. The molecule has 2 rings (SSSR count). The molecule has 2 aromatic rings. The molecule has 6 nitrogen and oxygen atoms in total. The third kappa shape index (κ3) is 5.25. The number of amides is 1. The van der Waals surface area contributed by atoms with Crippen molar-refractivity contribution in [1.29, 1.82) is 0 Å². The summed E-state index contributed by atoms with van der Waals surface area (Å²) in [6, 6.07) is 9.79. The smallest absolute Gasteiger partial charge is 0.312 e. The van der Waals surface area contributed by atoms with Crippen LogP contribution >= 0.6 is 11.3 Å². The quantitative estimate of drug-likeness (QED) is 0.791. The van der Waals surface area contributed by atoms with E-state index in [0.717, 1.165) is 5.56 Å². The number of ether oxygens (including phenoxy) is 1. The number of nitrogens with one attached hydrogen (secondary N) is 1. The van der Waals surface area contributed by atoms with Crippen LogP contribution in [0.5, 0.6) is 0 Å². The summed E-state index contributed by atoms with van der Waals surface area (Å²) in [4.78, 5) is 23.2. The van der Waals surface area contributed by atoms with Crippen molar-refractivity contribution in [2.24, 2.45) is 0 Å². The van der Waals surface area contributed by atoms with E-state index in [1.54, 1.807) is 6.92 Å². The largest absolute Gasteiger partial charge is 0.466 e. The maximum atomic E-state index is 11.9. The normalized spacial score (nSPS) is 10.2. The van der Waals surface area contributed by atoms with Crippen LogP contribution in [0, 0.1) is 0 Å². The van der Waals surface area contributed by atoms with Gasteiger partial charge in [-0.15, -0.1) is 10.2 Å². The highest BCUT2D eigenvalue weighted by atomic mass is 32.1. The monoisotopic (exact) mass is 319 g/mol. The molecule has 1 aromatic heterocycles. The summed E-state index contributed by atoms with van der Waals surface area (Å²) in [7, 11) is 0. The van der Waals surface area contributed by atoms with Gasteiger partial charge in [0.1, 0.15) is 5.01 Å². The molecule has 0 atom stereocenters. The fraction of sp³-hybridized carbons (Fsp3) is 0.333. The second-order valence-corrected chi connectivity index (χ2v) is 5.58. The first-order valence-corrected chi connectivity index (χ1v) is 7.81. The minimum absolute atomic E-state index is 0.0748. The predicted molar refractivity (Wildman–Crippen MR) is 83.6 cm³/mol. The van der Waals surface area contributed by atoms with Gasteiger partial charge in [0, 0.05) is 6.42 Å². The highest BCUT2D eigenvalue weighted by molar-refractivity contribution is 7.15. The maximum Gasteiger partial charge on any atom is 0.312 e. The first-order valence-electron chi connectivity index (χ1n) is 6.99. The lowest BCUT2D eigenvalue weighted by Gasteiger charge is -2.01. The molecule has 1 heterocycles. The van der Waals surface area contributed by atoms with Crippen LogP contribution in [0.1, 0.15) is 23.9 Å². The van der Waals surface area contributed by atoms with Gasteiger partial charge in [0.25, 0.3) is 0 Å². The molecule has 0 saturated carbocycles. The van der Waals surface area contributed by atoms with Gasteiger partial charge in [0.2, 0.25) is 11.0 Å². The second-order valence-electron chi connectivity index (χ2n) is 4.52. The van der Waals surface area contributed by atoms with Crippen molar-refractivity contribution in [3.05, 3.63) is 40.9 Å². The van der Waals surface area contributed by atoms with E-state index in [9.17, 15) is 9.59 Å². The van der Waals surface area contributed by atoms with Gasteiger partial charge in [0.05, 0.1) is 13.0 Å². The number of anilines is 1. The van der Waals surface area contributed by atoms with E-state index in [4.69, 9.17) is 4.74 Å². The van der Waals surface area contributed by atoms with Gasteiger partial charge in [-0.2, -0.15) is 0 Å². The van der Waals surface area contributed by atoms with Gasteiger partial charge in [0.15, 0.2) is 0 Å². The van der Waals surface area contributed by atoms with Gasteiger partial charge in [-0.3, -0.25) is 9.59 Å². The first kappa shape index (κ1) is 16.1. The summed E-state index contributed by atoms with van der Waals surface area (Å²) in [6.45, 7) is 2.08. The van der Waals surface area contributed by atoms with Crippen molar-refractivity contribution < 1.29 is 14.3 Å². The number of carbonyl (C=O) groups is 2. The van der Waals surface area contributed by atoms with E-state index in [1.165, 1.54) is 11.3 Å². The van der Waals surface area contributed by atoms with E-state index >= 15 is 0 Å². The zero-order valence-corrected chi connectivity index (χ0v) is 13.1. The Bertz CT molecular complexity index is 628. The van der Waals surface area contributed by atoms with Crippen molar-refractivity contribution in [3.63, 3.8) is 0 Å². The molecule has 0 aliphatic heterocycles. The number of esters is 1. The Kier molecular flexibility index (Phi) is 6.02. The van der Waals surface area contributed by atoms with Crippen molar-refractivity contribution in [1.82, 2.24) is 10.2 Å². The number of aryl methyl sites for hydroxylation is 1. The zero-order valence-electron chi connectivity index (χ0n) is 12.2. The lowest BCUT2D eigenvalue weighted by Crippen LogP contribution is -2.12. The van der Waals surface area contributed by atoms with Crippen LogP contribution in [0.3, 0.4) is 0 Å². The molecule has 0 radical (unpaired) electrons. The molecule has 7 heteroatoms. The van der Waals surface area contributed by atoms with Crippen LogP contribution in [0.2, 0.25) is 0 Å². The highest BCUT2D eigenvalue weighted by Crippen LogP contribution is 2.16. The molecular formula is C15H17N3O3S. The molecule has 0 bridgehead atoms. The Morgan fingerprint density at radius 1 is 1.23 bits per heavy atom. The van der Waals surface area contributed by atoms with Crippen LogP contribution in [0.4, 0.5) is 5.13 Å². The number of hydrogen-bond donors (Lipinski definition) is 1. The standard InChI is InChI=1S/C15H17N3O3S/c1-2-21-14(20)10-13-17-18-15(22-13)16-12(19)9-8-11-6-4-3-5-7-11/h3-7H,2,8-10H2,1H3,(H,16,18,19). The molecular weight excluding hydrogens is 302 g/mol. The number of nitrogens with zero attached hydrogens (tertiary/aromatic N) is 2. The third-order valence-electron chi connectivity index (χ3n) is 2.80.